The van der Waals surface area contributed by atoms with Gasteiger partial charge in [-0.25, -0.2) is 0 Å². The smallest absolute Gasteiger partial charge is 0.512 e. The summed E-state index contributed by atoms with van der Waals surface area (Å²) in [7, 11) is 0. The molecule has 0 aliphatic rings. The monoisotopic (exact) mass is 674 g/mol. The molecule has 16 heteroatoms. The number of hydrogen-bond donors (Lipinski definition) is 4. The number of nitrogens with zero attached hydrogens (tertiary/aromatic N) is 6. The molecule has 48 heavy (non-hydrogen) atoms. The largest absolute Gasteiger partial charge is 1.00 e. The van der Waals surface area contributed by atoms with Crippen molar-refractivity contribution >= 4 is 25.1 Å². The maximum atomic E-state index is 10.2. The second-order valence-electron chi connectivity index (χ2n) is 8.04. The summed E-state index contributed by atoms with van der Waals surface area (Å²) in [5, 5.41) is 81.7. The third kappa shape index (κ3) is 30.5. The van der Waals surface area contributed by atoms with Crippen molar-refractivity contribution in [2.45, 2.75) is 62.9 Å². The predicted molar refractivity (Wildman–Crippen MR) is 158 cm³/mol. The number of aliphatic hydroxyl groups excluding tert-OH is 4. The van der Waals surface area contributed by atoms with E-state index in [4.69, 9.17) is 54.9 Å². The fourth-order valence-electron chi connectivity index (χ4n) is 2.79. The molecule has 0 saturated heterocycles. The molecule has 0 heterocycles. The van der Waals surface area contributed by atoms with Crippen LogP contribution in [0.15, 0.2) is 48.5 Å². The number of carbonyl (C=O) groups is 4. The van der Waals surface area contributed by atoms with Gasteiger partial charge in [0.15, 0.2) is 24.8 Å². The fourth-order valence-corrected chi connectivity index (χ4v) is 2.79. The van der Waals surface area contributed by atoms with E-state index in [1.165, 1.54) is 12.1 Å². The molecular formula is C32H32N6Na2O8. The Kier molecular flexibility index (Phi) is 50.3. The van der Waals surface area contributed by atoms with E-state index in [1.807, 2.05) is 0 Å². The SMILES string of the molecule is N#CC(O)CCCC(O)C#N.N#CC(O)c1ccccc1C(O)C#N.O=CCCCC=O.O=Cc1ccccc1C=O.[C-]#N.[C-]#N.[Na+].[Na+]. The zero-order chi connectivity index (χ0) is 36.2. The molecule has 2 rings (SSSR count). The van der Waals surface area contributed by atoms with Crippen molar-refractivity contribution in [3.63, 3.8) is 0 Å². The molecule has 0 aliphatic carbocycles. The predicted octanol–water partition coefficient (Wildman–Crippen LogP) is -3.21. The van der Waals surface area contributed by atoms with Crippen LogP contribution in [0.1, 0.15) is 82.6 Å². The van der Waals surface area contributed by atoms with E-state index in [-0.39, 0.29) is 70.2 Å². The van der Waals surface area contributed by atoms with Gasteiger partial charge in [0, 0.05) is 35.1 Å². The van der Waals surface area contributed by atoms with Gasteiger partial charge in [0.05, 0.1) is 24.3 Å². The Hall–Kier alpha value is -4.10. The minimum Gasteiger partial charge on any atom is -0.512 e. The first kappa shape index (κ1) is 56.2. The standard InChI is InChI=1S/C10H8N2O2.C8H6O2.C7H10N2O2.C5H8O2.2CN.2Na/c11-5-9(13)7-3-1-2-4-8(7)10(14)6-12;9-5-7-3-1-2-4-8(7)6-10;8-4-6(10)2-1-3-7(11)5-9;6-4-2-1-3-5-7;2*1-2;;/h1-4,9-10,13-14H;1-6H;6-7,10-11H,1-3H2;4-5H,1-3H2;;;;/q;;;;2*-1;2*+1. The Morgan fingerprint density at radius 1 is 0.562 bits per heavy atom. The first-order valence-electron chi connectivity index (χ1n) is 12.9. The molecule has 4 unspecified atom stereocenters. The molecule has 240 valence electrons. The van der Waals surface area contributed by atoms with Gasteiger partial charge in [-0.2, -0.15) is 21.0 Å². The normalized spacial score (nSPS) is 10.4. The maximum Gasteiger partial charge on any atom is 1.00 e. The second kappa shape index (κ2) is 42.9. The number of rotatable bonds is 12. The van der Waals surface area contributed by atoms with Crippen LogP contribution in [-0.2, 0) is 9.59 Å². The van der Waals surface area contributed by atoms with Crippen molar-refractivity contribution in [1.29, 1.82) is 31.6 Å². The molecule has 2 aromatic rings. The third-order valence-corrected chi connectivity index (χ3v) is 4.98. The van der Waals surface area contributed by atoms with Crippen LogP contribution in [0, 0.1) is 69.0 Å². The molecule has 2 aromatic carbocycles. The Bertz CT molecular complexity index is 1260. The molecular weight excluding hydrogens is 642 g/mol. The zero-order valence-electron chi connectivity index (χ0n) is 26.6. The van der Waals surface area contributed by atoms with Crippen molar-refractivity contribution in [1.82, 2.24) is 0 Å². The summed E-state index contributed by atoms with van der Waals surface area (Å²) in [4.78, 5) is 39.6. The third-order valence-electron chi connectivity index (χ3n) is 4.98. The number of aliphatic hydroxyl groups is 4. The molecule has 4 N–H and O–H groups in total. The summed E-state index contributed by atoms with van der Waals surface area (Å²) in [5.41, 5.74) is 1.42. The Labute approximate surface area is 324 Å². The van der Waals surface area contributed by atoms with Crippen LogP contribution in [0.3, 0.4) is 0 Å². The summed E-state index contributed by atoms with van der Waals surface area (Å²) < 4.78 is 0. The molecule has 0 aromatic heterocycles. The second-order valence-corrected chi connectivity index (χ2v) is 8.04. The van der Waals surface area contributed by atoms with Crippen LogP contribution in [-0.4, -0.2) is 57.8 Å². The number of benzene rings is 2. The van der Waals surface area contributed by atoms with E-state index < -0.39 is 24.4 Å². The molecule has 0 amide bonds. The summed E-state index contributed by atoms with van der Waals surface area (Å²) >= 11 is 0. The molecule has 4 atom stereocenters. The van der Waals surface area contributed by atoms with Gasteiger partial charge in [-0.05, 0) is 25.7 Å². The summed E-state index contributed by atoms with van der Waals surface area (Å²) in [6.45, 7) is 9.50. The maximum absolute atomic E-state index is 10.2. The van der Waals surface area contributed by atoms with Crippen LogP contribution >= 0.6 is 0 Å². The van der Waals surface area contributed by atoms with Gasteiger partial charge in [0.25, 0.3) is 0 Å². The van der Waals surface area contributed by atoms with E-state index in [0.717, 1.165) is 12.6 Å². The number of aldehydes is 4. The summed E-state index contributed by atoms with van der Waals surface area (Å²) in [6, 6.07) is 19.5. The first-order chi connectivity index (χ1) is 22.2. The Morgan fingerprint density at radius 2 is 0.875 bits per heavy atom. The molecule has 0 fully saturated rings. The van der Waals surface area contributed by atoms with Crippen LogP contribution in [0.5, 0.6) is 0 Å². The first-order valence-corrected chi connectivity index (χ1v) is 12.9. The van der Waals surface area contributed by atoms with Gasteiger partial charge in [-0.3, -0.25) is 9.59 Å². The molecule has 0 bridgehead atoms. The van der Waals surface area contributed by atoms with Crippen molar-refractivity contribution in [2.75, 3.05) is 0 Å². The minimum atomic E-state index is -1.31. The number of carbonyl (C=O) groups excluding carboxylic acids is 4. The van der Waals surface area contributed by atoms with Crippen molar-refractivity contribution in [2.24, 2.45) is 0 Å². The van der Waals surface area contributed by atoms with Crippen LogP contribution in [0.4, 0.5) is 0 Å². The van der Waals surface area contributed by atoms with Crippen LogP contribution in [0.25, 0.3) is 0 Å². The molecule has 0 aliphatic heterocycles. The van der Waals surface area contributed by atoms with Gasteiger partial charge in [0.2, 0.25) is 0 Å². The van der Waals surface area contributed by atoms with Gasteiger partial charge >= 0.3 is 59.1 Å². The number of hydrogen-bond acceptors (Lipinski definition) is 14. The fraction of sp³-hybridized carbons (Fsp3) is 0.312. The van der Waals surface area contributed by atoms with Crippen molar-refractivity contribution < 1.29 is 98.7 Å². The summed E-state index contributed by atoms with van der Waals surface area (Å²) in [5.74, 6) is 0. The van der Waals surface area contributed by atoms with Gasteiger partial charge in [0.1, 0.15) is 24.8 Å². The summed E-state index contributed by atoms with van der Waals surface area (Å²) in [6.07, 6.45) is 1.27. The topological polar surface area (TPSA) is 292 Å². The van der Waals surface area contributed by atoms with Gasteiger partial charge in [-0.1, -0.05) is 48.5 Å². The number of nitriles is 4. The molecule has 0 spiro atoms. The molecule has 14 nitrogen and oxygen atoms in total. The van der Waals surface area contributed by atoms with E-state index in [1.54, 1.807) is 60.7 Å². The van der Waals surface area contributed by atoms with Crippen LogP contribution < -0.4 is 59.1 Å². The molecule has 0 radical (unpaired) electrons. The quantitative estimate of drug-likeness (QED) is 0.0567. The number of unbranched alkanes of at least 4 members (excludes halogenated alkanes) is 2. The van der Waals surface area contributed by atoms with E-state index in [9.17, 15) is 29.4 Å². The van der Waals surface area contributed by atoms with E-state index >= 15 is 0 Å². The average Bonchev–Trinajstić information content (AvgIpc) is 3.13. The van der Waals surface area contributed by atoms with Gasteiger partial charge < -0.3 is 53.7 Å². The van der Waals surface area contributed by atoms with E-state index in [0.29, 0.717) is 62.2 Å². The Morgan fingerprint density at radius 3 is 1.12 bits per heavy atom. The Balaban J connectivity index is -0.000000119. The molecule has 0 saturated carbocycles. The van der Waals surface area contributed by atoms with Crippen molar-refractivity contribution in [3.8, 4) is 24.3 Å². The van der Waals surface area contributed by atoms with Gasteiger partial charge in [-0.15, -0.1) is 0 Å². The van der Waals surface area contributed by atoms with Crippen molar-refractivity contribution in [3.05, 3.63) is 83.9 Å². The van der Waals surface area contributed by atoms with E-state index in [2.05, 4.69) is 0 Å². The average molecular weight is 675 g/mol. The zero-order valence-corrected chi connectivity index (χ0v) is 30.6. The minimum absolute atomic E-state index is 0. The van der Waals surface area contributed by atoms with Crippen LogP contribution in [0.2, 0.25) is 0 Å².